The fourth-order valence-electron chi connectivity index (χ4n) is 3.55. The molecule has 0 aliphatic rings. The summed E-state index contributed by atoms with van der Waals surface area (Å²) in [5, 5.41) is 2.91. The van der Waals surface area contributed by atoms with E-state index in [2.05, 4.69) is 5.32 Å². The zero-order chi connectivity index (χ0) is 26.5. The van der Waals surface area contributed by atoms with Crippen molar-refractivity contribution in [2.24, 2.45) is 0 Å². The number of likely N-dealkylation sites (N-methyl/N-ethyl adjacent to an activating group) is 1. The first kappa shape index (κ1) is 27.2. The SMILES string of the molecule is CNC(=O)[C@H](C)N(Cc1ccc(F)cc1)C(=O)CN(c1ccc(Cl)cc1)S(=O)(=O)c1ccc(C)cc1. The third kappa shape index (κ3) is 6.41. The van der Waals surface area contributed by atoms with E-state index in [0.29, 0.717) is 10.6 Å². The lowest BCUT2D eigenvalue weighted by Crippen LogP contribution is -2.50. The van der Waals surface area contributed by atoms with Crippen LogP contribution in [0.1, 0.15) is 18.1 Å². The van der Waals surface area contributed by atoms with Crippen LogP contribution in [0.25, 0.3) is 0 Å². The Hall–Kier alpha value is -3.43. The lowest BCUT2D eigenvalue weighted by Gasteiger charge is -2.31. The van der Waals surface area contributed by atoms with Gasteiger partial charge in [-0.15, -0.1) is 0 Å². The van der Waals surface area contributed by atoms with Gasteiger partial charge < -0.3 is 10.2 Å². The first-order valence-corrected chi connectivity index (χ1v) is 12.9. The summed E-state index contributed by atoms with van der Waals surface area (Å²) in [5.74, 6) is -1.47. The lowest BCUT2D eigenvalue weighted by atomic mass is 10.1. The lowest BCUT2D eigenvalue weighted by molar-refractivity contribution is -0.139. The molecule has 0 aliphatic carbocycles. The van der Waals surface area contributed by atoms with Gasteiger partial charge in [-0.2, -0.15) is 0 Å². The summed E-state index contributed by atoms with van der Waals surface area (Å²) in [6.07, 6.45) is 0. The van der Waals surface area contributed by atoms with Gasteiger partial charge in [0.2, 0.25) is 11.8 Å². The third-order valence-corrected chi connectivity index (χ3v) is 7.72. The van der Waals surface area contributed by atoms with Crippen molar-refractivity contribution in [3.8, 4) is 0 Å². The molecule has 3 rings (SSSR count). The van der Waals surface area contributed by atoms with Gasteiger partial charge in [-0.05, 0) is 67.9 Å². The Morgan fingerprint density at radius 2 is 1.56 bits per heavy atom. The highest BCUT2D eigenvalue weighted by molar-refractivity contribution is 7.92. The number of carbonyl (C=O) groups excluding carboxylic acids is 2. The molecule has 7 nitrogen and oxygen atoms in total. The summed E-state index contributed by atoms with van der Waals surface area (Å²) >= 11 is 6.00. The summed E-state index contributed by atoms with van der Waals surface area (Å²) in [4.78, 5) is 27.3. The molecule has 3 aromatic rings. The normalized spacial score (nSPS) is 12.0. The van der Waals surface area contributed by atoms with Crippen LogP contribution in [0.4, 0.5) is 10.1 Å². The Kier molecular flexibility index (Phi) is 8.70. The van der Waals surface area contributed by atoms with E-state index in [4.69, 9.17) is 11.6 Å². The van der Waals surface area contributed by atoms with Crippen molar-refractivity contribution < 1.29 is 22.4 Å². The highest BCUT2D eigenvalue weighted by Gasteiger charge is 2.32. The molecule has 0 aliphatic heterocycles. The molecular weight excluding hydrogens is 505 g/mol. The van der Waals surface area contributed by atoms with Gasteiger partial charge in [-0.3, -0.25) is 13.9 Å². The molecule has 36 heavy (non-hydrogen) atoms. The van der Waals surface area contributed by atoms with Gasteiger partial charge in [0.15, 0.2) is 0 Å². The number of aryl methyl sites for hydroxylation is 1. The molecule has 0 aromatic heterocycles. The second-order valence-electron chi connectivity index (χ2n) is 8.24. The van der Waals surface area contributed by atoms with E-state index in [0.717, 1.165) is 9.87 Å². The van der Waals surface area contributed by atoms with Crippen molar-refractivity contribution in [1.29, 1.82) is 0 Å². The third-order valence-electron chi connectivity index (χ3n) is 5.68. The van der Waals surface area contributed by atoms with Gasteiger partial charge in [0.1, 0.15) is 18.4 Å². The Bertz CT molecular complexity index is 1310. The van der Waals surface area contributed by atoms with Gasteiger partial charge in [-0.1, -0.05) is 41.4 Å². The summed E-state index contributed by atoms with van der Waals surface area (Å²) in [5.41, 5.74) is 1.70. The van der Waals surface area contributed by atoms with Crippen molar-refractivity contribution in [2.75, 3.05) is 17.9 Å². The van der Waals surface area contributed by atoms with Gasteiger partial charge in [0.25, 0.3) is 10.0 Å². The van der Waals surface area contributed by atoms with Crippen molar-refractivity contribution in [3.05, 3.63) is 94.8 Å². The predicted molar refractivity (Wildman–Crippen MR) is 138 cm³/mol. The molecule has 0 heterocycles. The maximum Gasteiger partial charge on any atom is 0.264 e. The van der Waals surface area contributed by atoms with Gasteiger partial charge >= 0.3 is 0 Å². The fourth-order valence-corrected chi connectivity index (χ4v) is 5.09. The average molecular weight is 532 g/mol. The molecule has 0 radical (unpaired) electrons. The predicted octanol–water partition coefficient (Wildman–Crippen LogP) is 4.15. The van der Waals surface area contributed by atoms with E-state index in [1.807, 2.05) is 6.92 Å². The molecule has 0 saturated heterocycles. The number of nitrogens with zero attached hydrogens (tertiary/aromatic N) is 2. The van der Waals surface area contributed by atoms with Crippen LogP contribution in [0.3, 0.4) is 0 Å². The minimum absolute atomic E-state index is 0.0142. The van der Waals surface area contributed by atoms with Crippen LogP contribution in [0.2, 0.25) is 5.02 Å². The molecule has 10 heteroatoms. The largest absolute Gasteiger partial charge is 0.357 e. The molecule has 1 atom stereocenters. The Morgan fingerprint density at radius 3 is 2.11 bits per heavy atom. The molecular formula is C26H27ClFN3O4S. The van der Waals surface area contributed by atoms with Crippen LogP contribution < -0.4 is 9.62 Å². The Morgan fingerprint density at radius 1 is 0.972 bits per heavy atom. The van der Waals surface area contributed by atoms with Crippen molar-refractivity contribution in [1.82, 2.24) is 10.2 Å². The van der Waals surface area contributed by atoms with Crippen molar-refractivity contribution >= 4 is 39.1 Å². The maximum absolute atomic E-state index is 13.6. The van der Waals surface area contributed by atoms with E-state index < -0.39 is 40.2 Å². The summed E-state index contributed by atoms with van der Waals surface area (Å²) < 4.78 is 41.7. The van der Waals surface area contributed by atoms with Crippen molar-refractivity contribution in [2.45, 2.75) is 31.3 Å². The minimum Gasteiger partial charge on any atom is -0.357 e. The number of rotatable bonds is 9. The topological polar surface area (TPSA) is 86.8 Å². The number of benzene rings is 3. The number of anilines is 1. The Balaban J connectivity index is 2.01. The van der Waals surface area contributed by atoms with Crippen LogP contribution in [-0.2, 0) is 26.2 Å². The van der Waals surface area contributed by atoms with E-state index in [-0.39, 0.29) is 17.1 Å². The van der Waals surface area contributed by atoms with E-state index >= 15 is 0 Å². The van der Waals surface area contributed by atoms with Crippen LogP contribution in [0.5, 0.6) is 0 Å². The number of hydrogen-bond donors (Lipinski definition) is 1. The van der Waals surface area contributed by atoms with Crippen molar-refractivity contribution in [3.63, 3.8) is 0 Å². The summed E-state index contributed by atoms with van der Waals surface area (Å²) in [6.45, 7) is 2.79. The summed E-state index contributed by atoms with van der Waals surface area (Å²) in [6, 6.07) is 17.0. The molecule has 0 unspecified atom stereocenters. The van der Waals surface area contributed by atoms with Crippen LogP contribution in [0.15, 0.2) is 77.7 Å². The second-order valence-corrected chi connectivity index (χ2v) is 10.5. The molecule has 2 amide bonds. The molecule has 0 fully saturated rings. The molecule has 0 bridgehead atoms. The smallest absolute Gasteiger partial charge is 0.264 e. The minimum atomic E-state index is -4.15. The molecule has 3 aromatic carbocycles. The second kappa shape index (κ2) is 11.5. The maximum atomic E-state index is 13.6. The zero-order valence-electron chi connectivity index (χ0n) is 20.1. The fraction of sp³-hybridized carbons (Fsp3) is 0.231. The number of halogens is 2. The number of carbonyl (C=O) groups is 2. The monoisotopic (exact) mass is 531 g/mol. The number of sulfonamides is 1. The highest BCUT2D eigenvalue weighted by Crippen LogP contribution is 2.26. The molecule has 0 saturated carbocycles. The molecule has 0 spiro atoms. The van der Waals surface area contributed by atoms with Crippen LogP contribution in [0, 0.1) is 12.7 Å². The van der Waals surface area contributed by atoms with Crippen LogP contribution >= 0.6 is 11.6 Å². The average Bonchev–Trinajstić information content (AvgIpc) is 2.86. The number of nitrogens with one attached hydrogen (secondary N) is 1. The van der Waals surface area contributed by atoms with E-state index in [9.17, 15) is 22.4 Å². The first-order chi connectivity index (χ1) is 17.0. The van der Waals surface area contributed by atoms with Gasteiger partial charge in [-0.25, -0.2) is 12.8 Å². The first-order valence-electron chi connectivity index (χ1n) is 11.1. The van der Waals surface area contributed by atoms with Gasteiger partial charge in [0.05, 0.1) is 10.6 Å². The standard InChI is InChI=1S/C26H27ClFN3O4S/c1-18-4-14-24(15-5-18)36(34,35)31(23-12-8-21(27)9-13-23)17-25(32)30(19(2)26(33)29-3)16-20-6-10-22(28)11-7-20/h4-15,19H,16-17H2,1-3H3,(H,29,33)/t19-/m0/s1. The van der Waals surface area contributed by atoms with Gasteiger partial charge in [0, 0.05) is 18.6 Å². The Labute approximate surface area is 215 Å². The molecule has 1 N–H and O–H groups in total. The number of amides is 2. The molecule has 190 valence electrons. The van der Waals surface area contributed by atoms with Crippen LogP contribution in [-0.4, -0.2) is 44.8 Å². The summed E-state index contributed by atoms with van der Waals surface area (Å²) in [7, 11) is -2.70. The van der Waals surface area contributed by atoms with E-state index in [1.165, 1.54) is 72.6 Å². The highest BCUT2D eigenvalue weighted by atomic mass is 35.5. The van der Waals surface area contributed by atoms with E-state index in [1.54, 1.807) is 19.1 Å². The number of hydrogen-bond acceptors (Lipinski definition) is 4. The quantitative estimate of drug-likeness (QED) is 0.449. The zero-order valence-corrected chi connectivity index (χ0v) is 21.7.